The molecule has 2 amide bonds. The molecule has 1 fully saturated rings. The molecule has 1 unspecified atom stereocenters. The van der Waals surface area contributed by atoms with Crippen LogP contribution in [0, 0.1) is 0 Å². The Morgan fingerprint density at radius 3 is 2.71 bits per heavy atom. The highest BCUT2D eigenvalue weighted by Crippen LogP contribution is 2.44. The van der Waals surface area contributed by atoms with Crippen molar-refractivity contribution in [2.75, 3.05) is 6.54 Å². The van der Waals surface area contributed by atoms with Crippen LogP contribution in [0.15, 0.2) is 36.5 Å². The molecule has 0 radical (unpaired) electrons. The summed E-state index contributed by atoms with van der Waals surface area (Å²) in [5.74, 6) is -1.14. The number of carbonyl (C=O) groups excluding carboxylic acids is 1. The number of hydrogen-bond donors (Lipinski definition) is 2. The highest BCUT2D eigenvalue weighted by molar-refractivity contribution is 5.86. The van der Waals surface area contributed by atoms with Gasteiger partial charge in [0.25, 0.3) is 0 Å². The second kappa shape index (κ2) is 5.07. The van der Waals surface area contributed by atoms with E-state index in [2.05, 4.69) is 5.10 Å². The van der Waals surface area contributed by atoms with E-state index in [9.17, 15) is 19.9 Å². The zero-order chi connectivity index (χ0) is 17.0. The summed E-state index contributed by atoms with van der Waals surface area (Å²) in [5, 5.41) is 24.6. The van der Waals surface area contributed by atoms with Gasteiger partial charge in [-0.2, -0.15) is 10.2 Å². The molecule has 0 saturated carbocycles. The maximum absolute atomic E-state index is 12.1. The Balaban J connectivity index is 1.86. The van der Waals surface area contributed by atoms with Crippen LogP contribution in [0.2, 0.25) is 0 Å². The van der Waals surface area contributed by atoms with Gasteiger partial charge < -0.3 is 10.0 Å². The quantitative estimate of drug-likeness (QED) is 0.837. The first-order valence-electron chi connectivity index (χ1n) is 7.64. The van der Waals surface area contributed by atoms with Crippen molar-refractivity contribution in [3.63, 3.8) is 0 Å². The molecule has 0 spiro atoms. The van der Waals surface area contributed by atoms with Crippen LogP contribution in [0.1, 0.15) is 41.9 Å². The highest BCUT2D eigenvalue weighted by atomic mass is 16.5. The van der Waals surface area contributed by atoms with Gasteiger partial charge in [-0.1, -0.05) is 30.3 Å². The van der Waals surface area contributed by atoms with Crippen LogP contribution in [-0.2, 0) is 4.79 Å². The van der Waals surface area contributed by atoms with Gasteiger partial charge in [-0.05, 0) is 12.5 Å². The van der Waals surface area contributed by atoms with Gasteiger partial charge in [0.05, 0.1) is 24.5 Å². The van der Waals surface area contributed by atoms with Gasteiger partial charge in [-0.3, -0.25) is 9.89 Å². The molecule has 3 atom stereocenters. The summed E-state index contributed by atoms with van der Waals surface area (Å²) in [5.41, 5.74) is 2.00. The second-order valence-corrected chi connectivity index (χ2v) is 6.05. The zero-order valence-electron chi connectivity index (χ0n) is 12.9. The average molecular weight is 328 g/mol. The molecule has 24 heavy (non-hydrogen) atoms. The topological polar surface area (TPSA) is 98.9 Å². The van der Waals surface area contributed by atoms with E-state index in [1.54, 1.807) is 10.9 Å². The summed E-state index contributed by atoms with van der Waals surface area (Å²) in [6.45, 7) is 2.07. The van der Waals surface area contributed by atoms with Crippen LogP contribution < -0.4 is 0 Å². The van der Waals surface area contributed by atoms with Gasteiger partial charge in [0.2, 0.25) is 0 Å². The number of hydroxylamine groups is 2. The van der Waals surface area contributed by atoms with Crippen LogP contribution >= 0.6 is 0 Å². The summed E-state index contributed by atoms with van der Waals surface area (Å²) < 4.78 is 1.63. The molecule has 1 aromatic heterocycles. The number of aromatic nitrogens is 2. The van der Waals surface area contributed by atoms with Gasteiger partial charge in [-0.25, -0.2) is 9.59 Å². The molecule has 4 rings (SSSR count). The first-order chi connectivity index (χ1) is 11.5. The molecule has 8 nitrogen and oxygen atoms in total. The number of amides is 2. The van der Waals surface area contributed by atoms with Crippen LogP contribution in [0.3, 0.4) is 0 Å². The number of carboxylic acid groups (broad SMARTS) is 1. The van der Waals surface area contributed by atoms with Gasteiger partial charge in [0.15, 0.2) is 6.04 Å². The fourth-order valence-corrected chi connectivity index (χ4v) is 3.56. The molecular weight excluding hydrogens is 312 g/mol. The maximum atomic E-state index is 12.1. The summed E-state index contributed by atoms with van der Waals surface area (Å²) >= 11 is 0. The normalized spacial score (nSPS) is 23.3. The Morgan fingerprint density at radius 1 is 1.33 bits per heavy atom. The van der Waals surface area contributed by atoms with E-state index in [4.69, 9.17) is 0 Å². The Labute approximate surface area is 137 Å². The average Bonchev–Trinajstić information content (AvgIpc) is 3.12. The van der Waals surface area contributed by atoms with Crippen molar-refractivity contribution in [1.82, 2.24) is 19.7 Å². The van der Waals surface area contributed by atoms with E-state index in [0.717, 1.165) is 5.56 Å². The molecular formula is C16H16N4O4. The fourth-order valence-electron chi connectivity index (χ4n) is 3.56. The standard InChI is InChI=1S/C16H16N4O4/c1-9(10-5-3-2-4-6-10)19-13-11(7-17-19)12-8-18(14(13)15(21)22)16(23)20(12)24/h2-7,9,12,14,24H,8H2,1H3,(H,21,22)/t9?,12-,14-/m0/s1. The third kappa shape index (κ3) is 1.86. The third-order valence-corrected chi connectivity index (χ3v) is 4.78. The van der Waals surface area contributed by atoms with Gasteiger partial charge in [0.1, 0.15) is 6.04 Å². The van der Waals surface area contributed by atoms with E-state index in [1.165, 1.54) is 4.90 Å². The number of nitrogens with zero attached hydrogens (tertiary/aromatic N) is 4. The van der Waals surface area contributed by atoms with Crippen LogP contribution in [-0.4, -0.2) is 48.6 Å². The second-order valence-electron chi connectivity index (χ2n) is 6.05. The van der Waals surface area contributed by atoms with Crippen molar-refractivity contribution in [2.45, 2.75) is 25.0 Å². The Hall–Kier alpha value is -2.87. The molecule has 8 heteroatoms. The minimum atomic E-state index is -1.16. The molecule has 3 heterocycles. The summed E-state index contributed by atoms with van der Waals surface area (Å²) in [6, 6.07) is 6.97. The van der Waals surface area contributed by atoms with Crippen molar-refractivity contribution in [1.29, 1.82) is 0 Å². The van der Waals surface area contributed by atoms with E-state index in [0.29, 0.717) is 16.3 Å². The monoisotopic (exact) mass is 328 g/mol. The minimum absolute atomic E-state index is 0.144. The van der Waals surface area contributed by atoms with Crippen LogP contribution in [0.25, 0.3) is 0 Å². The first-order valence-corrected chi connectivity index (χ1v) is 7.64. The summed E-state index contributed by atoms with van der Waals surface area (Å²) in [4.78, 5) is 25.1. The third-order valence-electron chi connectivity index (χ3n) is 4.78. The lowest BCUT2D eigenvalue weighted by molar-refractivity contribution is -0.142. The lowest BCUT2D eigenvalue weighted by Gasteiger charge is -2.30. The van der Waals surface area contributed by atoms with Crippen molar-refractivity contribution in [2.24, 2.45) is 0 Å². The van der Waals surface area contributed by atoms with E-state index in [1.807, 2.05) is 37.3 Å². The van der Waals surface area contributed by atoms with Crippen molar-refractivity contribution in [3.8, 4) is 0 Å². The number of carbonyl (C=O) groups is 2. The van der Waals surface area contributed by atoms with Gasteiger partial charge in [0, 0.05) is 5.56 Å². The van der Waals surface area contributed by atoms with Gasteiger partial charge >= 0.3 is 12.0 Å². The highest BCUT2D eigenvalue weighted by Gasteiger charge is 2.52. The summed E-state index contributed by atoms with van der Waals surface area (Å²) in [6.07, 6.45) is 1.55. The molecule has 0 aliphatic carbocycles. The van der Waals surface area contributed by atoms with Crippen LogP contribution in [0.4, 0.5) is 4.79 Å². The first kappa shape index (κ1) is 14.7. The molecule has 2 aliphatic rings. The van der Waals surface area contributed by atoms with E-state index < -0.39 is 24.1 Å². The minimum Gasteiger partial charge on any atom is -0.479 e. The molecule has 2 aromatic rings. The Kier molecular flexibility index (Phi) is 3.10. The van der Waals surface area contributed by atoms with Crippen molar-refractivity contribution < 1.29 is 19.9 Å². The molecule has 1 saturated heterocycles. The maximum Gasteiger partial charge on any atom is 0.345 e. The predicted octanol–water partition coefficient (Wildman–Crippen LogP) is 1.80. The number of fused-ring (bicyclic) bond motifs is 4. The van der Waals surface area contributed by atoms with E-state index >= 15 is 0 Å². The Bertz CT molecular complexity index is 819. The zero-order valence-corrected chi connectivity index (χ0v) is 12.9. The molecule has 1 aromatic carbocycles. The number of aliphatic carboxylic acids is 1. The molecule has 2 bridgehead atoms. The number of carboxylic acids is 1. The largest absolute Gasteiger partial charge is 0.479 e. The molecule has 124 valence electrons. The summed E-state index contributed by atoms with van der Waals surface area (Å²) in [7, 11) is 0. The lowest BCUT2D eigenvalue weighted by atomic mass is 9.97. The van der Waals surface area contributed by atoms with Crippen LogP contribution in [0.5, 0.6) is 0 Å². The van der Waals surface area contributed by atoms with Crippen molar-refractivity contribution in [3.05, 3.63) is 53.3 Å². The smallest absolute Gasteiger partial charge is 0.345 e. The predicted molar refractivity (Wildman–Crippen MR) is 81.3 cm³/mol. The fraction of sp³-hybridized carbons (Fsp3) is 0.312. The van der Waals surface area contributed by atoms with E-state index in [-0.39, 0.29) is 12.6 Å². The molecule has 2 aliphatic heterocycles. The van der Waals surface area contributed by atoms with Gasteiger partial charge in [-0.15, -0.1) is 0 Å². The number of urea groups is 1. The SMILES string of the molecule is CC(c1ccccc1)n1ncc2c1[C@@H](C(=O)O)N1C[C@@H]2N(O)C1=O. The number of hydrogen-bond acceptors (Lipinski definition) is 4. The number of rotatable bonds is 3. The molecule has 2 N–H and O–H groups in total. The number of benzene rings is 1. The Morgan fingerprint density at radius 2 is 2.04 bits per heavy atom. The lowest BCUT2D eigenvalue weighted by Crippen LogP contribution is -2.39. The van der Waals surface area contributed by atoms with Crippen molar-refractivity contribution >= 4 is 12.0 Å².